The topological polar surface area (TPSA) is 54.0 Å². The van der Waals surface area contributed by atoms with Crippen LogP contribution in [0.2, 0.25) is 5.15 Å². The maximum absolute atomic E-state index is 11.9. The highest BCUT2D eigenvalue weighted by molar-refractivity contribution is 6.29. The molecule has 1 atom stereocenters. The van der Waals surface area contributed by atoms with Crippen molar-refractivity contribution in [1.82, 2.24) is 10.3 Å². The summed E-state index contributed by atoms with van der Waals surface area (Å²) in [5.41, 5.74) is 0.698. The second kappa shape index (κ2) is 4.80. The highest BCUT2D eigenvalue weighted by atomic mass is 35.5. The molecule has 1 aromatic rings. The zero-order chi connectivity index (χ0) is 11.5. The molecule has 0 aliphatic carbocycles. The lowest BCUT2D eigenvalue weighted by atomic mass is 9.88. The van der Waals surface area contributed by atoms with E-state index in [0.717, 1.165) is 13.1 Å². The number of hydrogen-bond donors (Lipinski definition) is 2. The first-order valence-corrected chi connectivity index (χ1v) is 5.68. The van der Waals surface area contributed by atoms with E-state index in [9.17, 15) is 4.79 Å². The third kappa shape index (κ3) is 2.51. The van der Waals surface area contributed by atoms with E-state index in [4.69, 9.17) is 11.6 Å². The van der Waals surface area contributed by atoms with Gasteiger partial charge in [0.25, 0.3) is 0 Å². The van der Waals surface area contributed by atoms with Gasteiger partial charge in [0.1, 0.15) is 5.15 Å². The second-order valence-corrected chi connectivity index (χ2v) is 4.45. The minimum Gasteiger partial charge on any atom is -0.326 e. The fourth-order valence-corrected chi connectivity index (χ4v) is 1.79. The molecular formula is C11H14ClN3O. The summed E-state index contributed by atoms with van der Waals surface area (Å²) in [5.74, 6) is 0.499. The second-order valence-electron chi connectivity index (χ2n) is 4.06. The molecule has 86 valence electrons. The van der Waals surface area contributed by atoms with Crippen molar-refractivity contribution in [3.8, 4) is 0 Å². The Hall–Kier alpha value is -1.13. The number of carbonyl (C=O) groups excluding carboxylic acids is 1. The molecule has 0 radical (unpaired) electrons. The van der Waals surface area contributed by atoms with Crippen LogP contribution in [0.4, 0.5) is 5.69 Å². The van der Waals surface area contributed by atoms with E-state index in [1.165, 1.54) is 0 Å². The first-order chi connectivity index (χ1) is 7.66. The Morgan fingerprint density at radius 2 is 2.44 bits per heavy atom. The molecule has 16 heavy (non-hydrogen) atoms. The number of hydrogen-bond acceptors (Lipinski definition) is 3. The maximum atomic E-state index is 11.9. The molecule has 2 N–H and O–H groups in total. The van der Waals surface area contributed by atoms with Crippen molar-refractivity contribution in [3.05, 3.63) is 23.5 Å². The van der Waals surface area contributed by atoms with Crippen molar-refractivity contribution in [3.63, 3.8) is 0 Å². The number of nitrogens with one attached hydrogen (secondary N) is 2. The zero-order valence-corrected chi connectivity index (χ0v) is 9.79. The Bertz CT molecular complexity index is 393. The summed E-state index contributed by atoms with van der Waals surface area (Å²) in [7, 11) is 0. The lowest BCUT2D eigenvalue weighted by molar-refractivity contribution is -0.121. The van der Waals surface area contributed by atoms with Crippen molar-refractivity contribution < 1.29 is 4.79 Å². The molecule has 0 bridgehead atoms. The average Bonchev–Trinajstić information content (AvgIpc) is 2.14. The van der Waals surface area contributed by atoms with Crippen molar-refractivity contribution >= 4 is 23.2 Å². The summed E-state index contributed by atoms with van der Waals surface area (Å²) in [5, 5.41) is 6.38. The summed E-state index contributed by atoms with van der Waals surface area (Å²) in [6, 6.07) is 3.38. The van der Waals surface area contributed by atoms with Crippen LogP contribution in [0.3, 0.4) is 0 Å². The van der Waals surface area contributed by atoms with Gasteiger partial charge in [0, 0.05) is 17.8 Å². The van der Waals surface area contributed by atoms with Crippen LogP contribution in [0.15, 0.2) is 18.3 Å². The molecule has 1 aliphatic heterocycles. The quantitative estimate of drug-likeness (QED) is 0.787. The molecule has 0 spiro atoms. The van der Waals surface area contributed by atoms with Crippen LogP contribution in [0, 0.1) is 11.8 Å². The molecule has 1 aliphatic rings. The number of aromatic nitrogens is 1. The number of rotatable bonds is 3. The van der Waals surface area contributed by atoms with Gasteiger partial charge < -0.3 is 10.6 Å². The van der Waals surface area contributed by atoms with Gasteiger partial charge in [-0.15, -0.1) is 0 Å². The Labute approximate surface area is 99.4 Å². The van der Waals surface area contributed by atoms with Crippen molar-refractivity contribution in [2.45, 2.75) is 6.92 Å². The first kappa shape index (κ1) is 11.4. The molecule has 1 saturated heterocycles. The van der Waals surface area contributed by atoms with Gasteiger partial charge in [0.15, 0.2) is 0 Å². The first-order valence-electron chi connectivity index (χ1n) is 5.30. The van der Waals surface area contributed by atoms with Crippen molar-refractivity contribution in [2.24, 2.45) is 11.8 Å². The van der Waals surface area contributed by atoms with E-state index in [1.807, 2.05) is 6.92 Å². The Balaban J connectivity index is 1.96. The normalized spacial score (nSPS) is 17.6. The Morgan fingerprint density at radius 1 is 1.69 bits per heavy atom. The molecule has 1 unspecified atom stereocenters. The van der Waals surface area contributed by atoms with E-state index in [-0.39, 0.29) is 11.8 Å². The SMILES string of the molecule is CC(C(=O)Nc1ccnc(Cl)c1)C1CNC1. The predicted octanol–water partition coefficient (Wildman–Crippen LogP) is 1.53. The maximum Gasteiger partial charge on any atom is 0.227 e. The molecule has 5 heteroatoms. The summed E-state index contributed by atoms with van der Waals surface area (Å²) >= 11 is 5.74. The standard InChI is InChI=1S/C11H14ClN3O/c1-7(8-5-13-6-8)11(16)15-9-2-3-14-10(12)4-9/h2-4,7-8,13H,5-6H2,1H3,(H,14,15,16). The van der Waals surface area contributed by atoms with Crippen LogP contribution in [-0.2, 0) is 4.79 Å². The monoisotopic (exact) mass is 239 g/mol. The number of pyridine rings is 1. The number of nitrogens with zero attached hydrogens (tertiary/aromatic N) is 1. The van der Waals surface area contributed by atoms with Gasteiger partial charge in [-0.2, -0.15) is 0 Å². The van der Waals surface area contributed by atoms with E-state index >= 15 is 0 Å². The van der Waals surface area contributed by atoms with E-state index in [1.54, 1.807) is 18.3 Å². The smallest absolute Gasteiger partial charge is 0.227 e. The Morgan fingerprint density at radius 3 is 3.00 bits per heavy atom. The molecule has 1 fully saturated rings. The highest BCUT2D eigenvalue weighted by Crippen LogP contribution is 2.19. The van der Waals surface area contributed by atoms with Crippen LogP contribution >= 0.6 is 11.6 Å². The van der Waals surface area contributed by atoms with Crippen LogP contribution in [0.1, 0.15) is 6.92 Å². The molecule has 1 aromatic heterocycles. The number of anilines is 1. The lowest BCUT2D eigenvalue weighted by Crippen LogP contribution is -2.48. The fourth-order valence-electron chi connectivity index (χ4n) is 1.61. The predicted molar refractivity (Wildman–Crippen MR) is 63.4 cm³/mol. The molecule has 2 heterocycles. The molecule has 4 nitrogen and oxygen atoms in total. The summed E-state index contributed by atoms with van der Waals surface area (Å²) < 4.78 is 0. The van der Waals surface area contributed by atoms with Gasteiger partial charge in [-0.3, -0.25) is 4.79 Å². The van der Waals surface area contributed by atoms with Crippen LogP contribution in [0.5, 0.6) is 0 Å². The minimum atomic E-state index is 0.0215. The third-order valence-electron chi connectivity index (χ3n) is 2.93. The zero-order valence-electron chi connectivity index (χ0n) is 9.03. The molecule has 0 saturated carbocycles. The van der Waals surface area contributed by atoms with Gasteiger partial charge in [0.2, 0.25) is 5.91 Å². The average molecular weight is 240 g/mol. The van der Waals surface area contributed by atoms with Crippen LogP contribution < -0.4 is 10.6 Å². The number of amides is 1. The van der Waals surface area contributed by atoms with Gasteiger partial charge in [-0.1, -0.05) is 18.5 Å². The third-order valence-corrected chi connectivity index (χ3v) is 3.13. The van der Waals surface area contributed by atoms with Crippen LogP contribution in [-0.4, -0.2) is 24.0 Å². The highest BCUT2D eigenvalue weighted by Gasteiger charge is 2.28. The lowest BCUT2D eigenvalue weighted by Gasteiger charge is -2.31. The molecule has 1 amide bonds. The fraction of sp³-hybridized carbons (Fsp3) is 0.455. The van der Waals surface area contributed by atoms with Gasteiger partial charge in [-0.25, -0.2) is 4.98 Å². The summed E-state index contributed by atoms with van der Waals surface area (Å²) in [4.78, 5) is 15.7. The molecule has 0 aromatic carbocycles. The molecular weight excluding hydrogens is 226 g/mol. The summed E-state index contributed by atoms with van der Waals surface area (Å²) in [6.07, 6.45) is 1.58. The largest absolute Gasteiger partial charge is 0.326 e. The van der Waals surface area contributed by atoms with Gasteiger partial charge in [-0.05, 0) is 31.1 Å². The van der Waals surface area contributed by atoms with E-state index in [0.29, 0.717) is 16.8 Å². The van der Waals surface area contributed by atoms with Crippen LogP contribution in [0.25, 0.3) is 0 Å². The molecule has 2 rings (SSSR count). The minimum absolute atomic E-state index is 0.0215. The van der Waals surface area contributed by atoms with E-state index in [2.05, 4.69) is 15.6 Å². The number of halogens is 1. The Kier molecular flexibility index (Phi) is 3.41. The van der Waals surface area contributed by atoms with Crippen molar-refractivity contribution in [1.29, 1.82) is 0 Å². The van der Waals surface area contributed by atoms with Gasteiger partial charge >= 0.3 is 0 Å². The van der Waals surface area contributed by atoms with Crippen molar-refractivity contribution in [2.75, 3.05) is 18.4 Å². The van der Waals surface area contributed by atoms with E-state index < -0.39 is 0 Å². The van der Waals surface area contributed by atoms with Gasteiger partial charge in [0.05, 0.1) is 0 Å². The number of carbonyl (C=O) groups is 1. The summed E-state index contributed by atoms with van der Waals surface area (Å²) in [6.45, 7) is 3.79.